The van der Waals surface area contributed by atoms with Crippen LogP contribution in [-0.4, -0.2) is 34.7 Å². The summed E-state index contributed by atoms with van der Waals surface area (Å²) in [6.45, 7) is 1.86. The predicted molar refractivity (Wildman–Crippen MR) is 96.2 cm³/mol. The molecule has 0 heterocycles. The standard InChI is InChI=1S/C18H22N2O3S/c1-13(14-8-10-17(11-9-14)24(4,22)23)19-18(21)15-6-5-7-16(12-15)20(2)3/h5-13H,1-4H3,(H,19,21)/t13-/m0/s1. The van der Waals surface area contributed by atoms with E-state index >= 15 is 0 Å². The van der Waals surface area contributed by atoms with Gasteiger partial charge in [-0.1, -0.05) is 18.2 Å². The molecule has 24 heavy (non-hydrogen) atoms. The summed E-state index contributed by atoms with van der Waals surface area (Å²) in [5, 5.41) is 2.93. The Hall–Kier alpha value is -2.34. The summed E-state index contributed by atoms with van der Waals surface area (Å²) >= 11 is 0. The van der Waals surface area contributed by atoms with Crippen molar-refractivity contribution >= 4 is 21.4 Å². The quantitative estimate of drug-likeness (QED) is 0.904. The molecule has 0 aliphatic heterocycles. The molecule has 2 aromatic rings. The van der Waals surface area contributed by atoms with Gasteiger partial charge in [0, 0.05) is 31.6 Å². The fraction of sp³-hybridized carbons (Fsp3) is 0.278. The summed E-state index contributed by atoms with van der Waals surface area (Å²) < 4.78 is 23.0. The maximum atomic E-state index is 12.4. The number of hydrogen-bond donors (Lipinski definition) is 1. The highest BCUT2D eigenvalue weighted by atomic mass is 32.2. The van der Waals surface area contributed by atoms with E-state index in [1.54, 1.807) is 30.3 Å². The molecule has 0 saturated heterocycles. The molecule has 6 heteroatoms. The Morgan fingerprint density at radius 1 is 1.08 bits per heavy atom. The van der Waals surface area contributed by atoms with Crippen LogP contribution in [0.1, 0.15) is 28.9 Å². The minimum atomic E-state index is -3.22. The number of carbonyl (C=O) groups is 1. The number of hydrogen-bond acceptors (Lipinski definition) is 4. The van der Waals surface area contributed by atoms with Crippen molar-refractivity contribution in [3.8, 4) is 0 Å². The summed E-state index contributed by atoms with van der Waals surface area (Å²) in [6, 6.07) is 13.7. The zero-order chi connectivity index (χ0) is 17.9. The molecule has 0 saturated carbocycles. The van der Waals surface area contributed by atoms with Crippen molar-refractivity contribution in [2.24, 2.45) is 0 Å². The Kier molecular flexibility index (Phi) is 5.29. The highest BCUT2D eigenvalue weighted by molar-refractivity contribution is 7.90. The minimum Gasteiger partial charge on any atom is -0.378 e. The predicted octanol–water partition coefficient (Wildman–Crippen LogP) is 2.65. The molecule has 1 atom stereocenters. The molecule has 5 nitrogen and oxygen atoms in total. The summed E-state index contributed by atoms with van der Waals surface area (Å²) in [4.78, 5) is 14.6. The number of anilines is 1. The zero-order valence-electron chi connectivity index (χ0n) is 14.3. The SMILES string of the molecule is C[C@H](NC(=O)c1cccc(N(C)C)c1)c1ccc(S(C)(=O)=O)cc1. The van der Waals surface area contributed by atoms with Gasteiger partial charge in [-0.15, -0.1) is 0 Å². The molecule has 0 aliphatic rings. The van der Waals surface area contributed by atoms with Crippen molar-refractivity contribution in [2.45, 2.75) is 17.9 Å². The highest BCUT2D eigenvalue weighted by Gasteiger charge is 2.13. The molecular weight excluding hydrogens is 324 g/mol. The number of nitrogens with one attached hydrogen (secondary N) is 1. The van der Waals surface area contributed by atoms with Crippen molar-refractivity contribution in [3.05, 3.63) is 59.7 Å². The van der Waals surface area contributed by atoms with Crippen molar-refractivity contribution in [2.75, 3.05) is 25.3 Å². The van der Waals surface area contributed by atoms with Crippen LogP contribution in [0.4, 0.5) is 5.69 Å². The van der Waals surface area contributed by atoms with E-state index in [0.717, 1.165) is 11.3 Å². The Morgan fingerprint density at radius 2 is 1.71 bits per heavy atom. The molecule has 0 radical (unpaired) electrons. The summed E-state index contributed by atoms with van der Waals surface area (Å²) in [5.74, 6) is -0.168. The van der Waals surface area contributed by atoms with E-state index in [9.17, 15) is 13.2 Å². The third kappa shape index (κ3) is 4.35. The number of benzene rings is 2. The average Bonchev–Trinajstić information content (AvgIpc) is 2.54. The molecule has 128 valence electrons. The number of carbonyl (C=O) groups excluding carboxylic acids is 1. The first kappa shape index (κ1) is 18.0. The summed E-state index contributed by atoms with van der Waals surface area (Å²) in [7, 11) is 0.623. The van der Waals surface area contributed by atoms with Crippen LogP contribution < -0.4 is 10.2 Å². The molecule has 0 aliphatic carbocycles. The minimum absolute atomic E-state index is 0.168. The zero-order valence-corrected chi connectivity index (χ0v) is 15.1. The number of amides is 1. The van der Waals surface area contributed by atoms with Gasteiger partial charge in [0.1, 0.15) is 0 Å². The molecule has 1 amide bonds. The van der Waals surface area contributed by atoms with E-state index in [1.807, 2.05) is 44.1 Å². The van der Waals surface area contributed by atoms with Crippen molar-refractivity contribution < 1.29 is 13.2 Å². The van der Waals surface area contributed by atoms with Crippen LogP contribution >= 0.6 is 0 Å². The fourth-order valence-corrected chi connectivity index (χ4v) is 2.92. The second-order valence-corrected chi connectivity index (χ2v) is 8.00. The van der Waals surface area contributed by atoms with Crippen LogP contribution in [0.25, 0.3) is 0 Å². The molecule has 0 fully saturated rings. The van der Waals surface area contributed by atoms with Crippen molar-refractivity contribution in [1.29, 1.82) is 0 Å². The Balaban J connectivity index is 2.13. The van der Waals surface area contributed by atoms with Crippen LogP contribution in [0.5, 0.6) is 0 Å². The lowest BCUT2D eigenvalue weighted by Crippen LogP contribution is -2.26. The van der Waals surface area contributed by atoms with E-state index in [2.05, 4.69) is 5.32 Å². The maximum absolute atomic E-state index is 12.4. The fourth-order valence-electron chi connectivity index (χ4n) is 2.29. The van der Waals surface area contributed by atoms with Crippen LogP contribution in [0.3, 0.4) is 0 Å². The first-order valence-electron chi connectivity index (χ1n) is 7.57. The molecule has 2 aromatic carbocycles. The maximum Gasteiger partial charge on any atom is 0.251 e. The van der Waals surface area contributed by atoms with Gasteiger partial charge in [-0.2, -0.15) is 0 Å². The van der Waals surface area contributed by atoms with Gasteiger partial charge in [0.05, 0.1) is 10.9 Å². The van der Waals surface area contributed by atoms with Gasteiger partial charge in [0.25, 0.3) is 5.91 Å². The van der Waals surface area contributed by atoms with E-state index < -0.39 is 9.84 Å². The van der Waals surface area contributed by atoms with Crippen LogP contribution in [0.15, 0.2) is 53.4 Å². The van der Waals surface area contributed by atoms with Gasteiger partial charge in [0.15, 0.2) is 9.84 Å². The van der Waals surface area contributed by atoms with Crippen LogP contribution in [0, 0.1) is 0 Å². The molecule has 0 aromatic heterocycles. The second-order valence-electron chi connectivity index (χ2n) is 5.98. The number of rotatable bonds is 5. The molecule has 0 bridgehead atoms. The van der Waals surface area contributed by atoms with Crippen molar-refractivity contribution in [1.82, 2.24) is 5.32 Å². The third-order valence-electron chi connectivity index (χ3n) is 3.78. The van der Waals surface area contributed by atoms with Gasteiger partial charge < -0.3 is 10.2 Å². The number of nitrogens with zero attached hydrogens (tertiary/aromatic N) is 1. The summed E-state index contributed by atoms with van der Waals surface area (Å²) in [5.41, 5.74) is 2.38. The monoisotopic (exact) mass is 346 g/mol. The van der Waals surface area contributed by atoms with Gasteiger partial charge in [-0.05, 0) is 42.8 Å². The number of sulfone groups is 1. The normalized spacial score (nSPS) is 12.5. The van der Waals surface area contributed by atoms with Gasteiger partial charge in [-0.3, -0.25) is 4.79 Å². The lowest BCUT2D eigenvalue weighted by Gasteiger charge is -2.17. The molecule has 1 N–H and O–H groups in total. The molecule has 0 spiro atoms. The van der Waals surface area contributed by atoms with Crippen LogP contribution in [0.2, 0.25) is 0 Å². The van der Waals surface area contributed by atoms with Gasteiger partial charge in [0.2, 0.25) is 0 Å². The third-order valence-corrected chi connectivity index (χ3v) is 4.91. The highest BCUT2D eigenvalue weighted by Crippen LogP contribution is 2.18. The first-order chi connectivity index (χ1) is 11.2. The Bertz CT molecular complexity index is 828. The van der Waals surface area contributed by atoms with Crippen LogP contribution in [-0.2, 0) is 9.84 Å². The molecular formula is C18H22N2O3S. The Labute approximate surface area is 143 Å². The lowest BCUT2D eigenvalue weighted by atomic mass is 10.1. The van der Waals surface area contributed by atoms with Crippen molar-refractivity contribution in [3.63, 3.8) is 0 Å². The van der Waals surface area contributed by atoms with E-state index in [4.69, 9.17) is 0 Å². The van der Waals surface area contributed by atoms with E-state index in [-0.39, 0.29) is 16.8 Å². The van der Waals surface area contributed by atoms with E-state index in [0.29, 0.717) is 5.56 Å². The Morgan fingerprint density at radius 3 is 2.25 bits per heavy atom. The second kappa shape index (κ2) is 7.05. The van der Waals surface area contributed by atoms with E-state index in [1.165, 1.54) is 6.26 Å². The topological polar surface area (TPSA) is 66.5 Å². The lowest BCUT2D eigenvalue weighted by molar-refractivity contribution is 0.0940. The first-order valence-corrected chi connectivity index (χ1v) is 9.46. The molecule has 0 unspecified atom stereocenters. The average molecular weight is 346 g/mol. The molecule has 2 rings (SSSR count). The summed E-state index contributed by atoms with van der Waals surface area (Å²) in [6.07, 6.45) is 1.17. The smallest absolute Gasteiger partial charge is 0.251 e. The van der Waals surface area contributed by atoms with Gasteiger partial charge in [-0.25, -0.2) is 8.42 Å². The largest absolute Gasteiger partial charge is 0.378 e. The van der Waals surface area contributed by atoms with Gasteiger partial charge >= 0.3 is 0 Å².